The van der Waals surface area contributed by atoms with E-state index >= 15 is 0 Å². The van der Waals surface area contributed by atoms with Crippen molar-refractivity contribution in [1.82, 2.24) is 14.6 Å². The summed E-state index contributed by atoms with van der Waals surface area (Å²) in [6, 6.07) is 12.8. The van der Waals surface area contributed by atoms with Crippen molar-refractivity contribution < 1.29 is 5.11 Å². The van der Waals surface area contributed by atoms with Gasteiger partial charge in [-0.05, 0) is 57.7 Å². The molecule has 25 heavy (non-hydrogen) atoms. The van der Waals surface area contributed by atoms with Gasteiger partial charge in [-0.2, -0.15) is 0 Å². The Morgan fingerprint density at radius 2 is 1.96 bits per heavy atom. The summed E-state index contributed by atoms with van der Waals surface area (Å²) in [7, 11) is 0. The second-order valence-corrected chi connectivity index (χ2v) is 7.45. The number of hydrogen-bond acceptors (Lipinski definition) is 4. The van der Waals surface area contributed by atoms with Crippen LogP contribution in [-0.4, -0.2) is 31.3 Å². The molecule has 0 unspecified atom stereocenters. The van der Waals surface area contributed by atoms with Gasteiger partial charge in [0, 0.05) is 17.8 Å². The maximum Gasteiger partial charge on any atom is 0.168 e. The van der Waals surface area contributed by atoms with E-state index in [9.17, 15) is 5.11 Å². The molecule has 2 aromatic heterocycles. The standard InChI is InChI=1S/C20H24N4O/c1-14-4-3-5-15(12-14)19-23-22-18-7-6-17(13-24(18)19)21-16-8-10-20(2,25)11-9-16/h3-7,12-13,16,21,25H,8-11H2,1-2H3. The molecule has 0 amide bonds. The Bertz CT molecular complexity index is 890. The van der Waals surface area contributed by atoms with Crippen molar-refractivity contribution in [1.29, 1.82) is 0 Å². The number of pyridine rings is 1. The van der Waals surface area contributed by atoms with Crippen LogP contribution >= 0.6 is 0 Å². The second kappa shape index (κ2) is 6.15. The molecule has 5 heteroatoms. The molecule has 2 heterocycles. The second-order valence-electron chi connectivity index (χ2n) is 7.45. The van der Waals surface area contributed by atoms with Gasteiger partial charge in [0.25, 0.3) is 0 Å². The average molecular weight is 336 g/mol. The lowest BCUT2D eigenvalue weighted by atomic mass is 9.83. The largest absolute Gasteiger partial charge is 0.390 e. The summed E-state index contributed by atoms with van der Waals surface area (Å²) in [5.74, 6) is 0.855. The highest BCUT2D eigenvalue weighted by Gasteiger charge is 2.28. The van der Waals surface area contributed by atoms with Crippen molar-refractivity contribution in [3.63, 3.8) is 0 Å². The fourth-order valence-electron chi connectivity index (χ4n) is 3.58. The zero-order valence-corrected chi connectivity index (χ0v) is 14.7. The predicted molar refractivity (Wildman–Crippen MR) is 99.7 cm³/mol. The van der Waals surface area contributed by atoms with Crippen LogP contribution in [0.1, 0.15) is 38.2 Å². The highest BCUT2D eigenvalue weighted by Crippen LogP contribution is 2.30. The fourth-order valence-corrected chi connectivity index (χ4v) is 3.58. The van der Waals surface area contributed by atoms with Crippen LogP contribution in [0.5, 0.6) is 0 Å². The number of aliphatic hydroxyl groups is 1. The number of rotatable bonds is 3. The molecule has 4 rings (SSSR count). The van der Waals surface area contributed by atoms with Crippen molar-refractivity contribution in [3.05, 3.63) is 48.2 Å². The van der Waals surface area contributed by atoms with Crippen molar-refractivity contribution in [2.24, 2.45) is 0 Å². The van der Waals surface area contributed by atoms with Gasteiger partial charge in [0.05, 0.1) is 11.3 Å². The Kier molecular flexibility index (Phi) is 3.96. The first kappa shape index (κ1) is 16.1. The van der Waals surface area contributed by atoms with Crippen LogP contribution in [0.25, 0.3) is 17.0 Å². The third-order valence-electron chi connectivity index (χ3n) is 5.11. The molecule has 1 fully saturated rings. The lowest BCUT2D eigenvalue weighted by molar-refractivity contribution is 0.0196. The molecular formula is C20H24N4O. The monoisotopic (exact) mass is 336 g/mol. The molecule has 2 N–H and O–H groups in total. The van der Waals surface area contributed by atoms with Gasteiger partial charge in [0.2, 0.25) is 0 Å². The third-order valence-corrected chi connectivity index (χ3v) is 5.11. The van der Waals surface area contributed by atoms with Gasteiger partial charge in [0.1, 0.15) is 0 Å². The summed E-state index contributed by atoms with van der Waals surface area (Å²) in [5, 5.41) is 22.4. The molecule has 130 valence electrons. The van der Waals surface area contributed by atoms with Gasteiger partial charge in [-0.15, -0.1) is 10.2 Å². The summed E-state index contributed by atoms with van der Waals surface area (Å²) in [6.45, 7) is 4.01. The van der Waals surface area contributed by atoms with E-state index < -0.39 is 5.60 Å². The van der Waals surface area contributed by atoms with Crippen LogP contribution in [0, 0.1) is 6.92 Å². The van der Waals surface area contributed by atoms with Gasteiger partial charge in [-0.1, -0.05) is 23.8 Å². The molecule has 5 nitrogen and oxygen atoms in total. The average Bonchev–Trinajstić information content (AvgIpc) is 3.00. The van der Waals surface area contributed by atoms with E-state index in [4.69, 9.17) is 0 Å². The molecule has 0 aliphatic heterocycles. The molecule has 0 radical (unpaired) electrons. The smallest absolute Gasteiger partial charge is 0.168 e. The SMILES string of the molecule is Cc1cccc(-c2nnc3ccc(NC4CCC(C)(O)CC4)cn23)c1. The summed E-state index contributed by atoms with van der Waals surface area (Å²) < 4.78 is 2.04. The quantitative estimate of drug-likeness (QED) is 0.763. The summed E-state index contributed by atoms with van der Waals surface area (Å²) in [6.07, 6.45) is 5.72. The lowest BCUT2D eigenvalue weighted by Gasteiger charge is -2.33. The maximum absolute atomic E-state index is 10.1. The Labute approximate surface area is 147 Å². The highest BCUT2D eigenvalue weighted by atomic mass is 16.3. The van der Waals surface area contributed by atoms with Gasteiger partial charge >= 0.3 is 0 Å². The third kappa shape index (κ3) is 3.37. The minimum absolute atomic E-state index is 0.400. The van der Waals surface area contributed by atoms with Crippen LogP contribution in [0.3, 0.4) is 0 Å². The first-order chi connectivity index (χ1) is 12.0. The van der Waals surface area contributed by atoms with E-state index in [1.807, 2.05) is 23.5 Å². The normalized spacial score (nSPS) is 23.7. The molecule has 0 spiro atoms. The number of hydrogen-bond donors (Lipinski definition) is 2. The van der Waals surface area contributed by atoms with Crippen molar-refractivity contribution >= 4 is 11.3 Å². The Morgan fingerprint density at radius 3 is 2.72 bits per heavy atom. The number of benzene rings is 1. The fraction of sp³-hybridized carbons (Fsp3) is 0.400. The topological polar surface area (TPSA) is 62.5 Å². The first-order valence-corrected chi connectivity index (χ1v) is 8.91. The predicted octanol–water partition coefficient (Wildman–Crippen LogP) is 3.81. The number of anilines is 1. The molecule has 0 saturated heterocycles. The molecule has 1 saturated carbocycles. The van der Waals surface area contributed by atoms with Gasteiger partial charge < -0.3 is 10.4 Å². The number of fused-ring (bicyclic) bond motifs is 1. The lowest BCUT2D eigenvalue weighted by Crippen LogP contribution is -2.35. The van der Waals surface area contributed by atoms with Crippen molar-refractivity contribution in [2.75, 3.05) is 5.32 Å². The summed E-state index contributed by atoms with van der Waals surface area (Å²) in [4.78, 5) is 0. The van der Waals surface area contributed by atoms with E-state index in [0.29, 0.717) is 6.04 Å². The Hall–Kier alpha value is -2.40. The van der Waals surface area contributed by atoms with Crippen molar-refractivity contribution in [2.45, 2.75) is 51.2 Å². The van der Waals surface area contributed by atoms with Crippen molar-refractivity contribution in [3.8, 4) is 11.4 Å². The Morgan fingerprint density at radius 1 is 1.16 bits per heavy atom. The molecule has 1 aromatic carbocycles. The van der Waals surface area contributed by atoms with E-state index in [-0.39, 0.29) is 0 Å². The van der Waals surface area contributed by atoms with Gasteiger partial charge in [0.15, 0.2) is 11.5 Å². The maximum atomic E-state index is 10.1. The van der Waals surface area contributed by atoms with Gasteiger partial charge in [-0.25, -0.2) is 0 Å². The summed E-state index contributed by atoms with van der Waals surface area (Å²) in [5.41, 5.74) is 3.67. The molecule has 3 aromatic rings. The minimum Gasteiger partial charge on any atom is -0.390 e. The van der Waals surface area contributed by atoms with E-state index in [0.717, 1.165) is 48.4 Å². The molecular weight excluding hydrogens is 312 g/mol. The minimum atomic E-state index is -0.505. The molecule has 0 bridgehead atoms. The zero-order chi connectivity index (χ0) is 17.4. The van der Waals surface area contributed by atoms with Gasteiger partial charge in [-0.3, -0.25) is 4.40 Å². The molecule has 1 aliphatic carbocycles. The Balaban J connectivity index is 1.61. The highest BCUT2D eigenvalue weighted by molar-refractivity contribution is 5.62. The zero-order valence-electron chi connectivity index (χ0n) is 14.7. The first-order valence-electron chi connectivity index (χ1n) is 8.91. The number of nitrogens with zero attached hydrogens (tertiary/aromatic N) is 3. The van der Waals surface area contributed by atoms with Crippen LogP contribution in [0.2, 0.25) is 0 Å². The van der Waals surface area contributed by atoms with Crippen LogP contribution in [0.15, 0.2) is 42.6 Å². The van der Waals surface area contributed by atoms with Crippen LogP contribution in [0.4, 0.5) is 5.69 Å². The number of aromatic nitrogens is 3. The number of nitrogens with one attached hydrogen (secondary N) is 1. The van der Waals surface area contributed by atoms with Crippen LogP contribution in [-0.2, 0) is 0 Å². The molecule has 0 atom stereocenters. The molecule has 1 aliphatic rings. The van der Waals surface area contributed by atoms with E-state index in [2.05, 4.69) is 52.9 Å². The van der Waals surface area contributed by atoms with E-state index in [1.54, 1.807) is 0 Å². The summed E-state index contributed by atoms with van der Waals surface area (Å²) >= 11 is 0. The van der Waals surface area contributed by atoms with E-state index in [1.165, 1.54) is 5.56 Å². The van der Waals surface area contributed by atoms with Crippen LogP contribution < -0.4 is 5.32 Å². The number of aryl methyl sites for hydroxylation is 1.